The van der Waals surface area contributed by atoms with Crippen LogP contribution in [0.2, 0.25) is 0 Å². The van der Waals surface area contributed by atoms with Crippen molar-refractivity contribution >= 4 is 44.7 Å². The highest BCUT2D eigenvalue weighted by molar-refractivity contribution is 6.15. The first-order valence-electron chi connectivity index (χ1n) is 10.2. The number of aryl methyl sites for hydroxylation is 1. The Morgan fingerprint density at radius 3 is 2.40 bits per heavy atom. The van der Waals surface area contributed by atoms with E-state index in [2.05, 4.69) is 105 Å². The summed E-state index contributed by atoms with van der Waals surface area (Å²) in [4.78, 5) is 0. The summed E-state index contributed by atoms with van der Waals surface area (Å²) in [7, 11) is 2.06. The fraction of sp³-hybridized carbons (Fsp3) is 0.107. The summed E-state index contributed by atoms with van der Waals surface area (Å²) < 4.78 is 8.73. The normalized spacial score (nSPS) is 13.4. The number of hydrogen-bond donors (Lipinski definition) is 0. The van der Waals surface area contributed by atoms with Gasteiger partial charge < -0.3 is 4.42 Å². The third-order valence-electron chi connectivity index (χ3n) is 6.05. The van der Waals surface area contributed by atoms with Gasteiger partial charge in [0.1, 0.15) is 18.0 Å². The van der Waals surface area contributed by atoms with Gasteiger partial charge in [0, 0.05) is 28.1 Å². The minimum absolute atomic E-state index is 0.836. The number of allylic oxidation sites excluding steroid dienone is 2. The Kier molecular flexibility index (Phi) is 4.29. The lowest BCUT2D eigenvalue weighted by molar-refractivity contribution is -0.673. The van der Waals surface area contributed by atoms with Crippen LogP contribution in [0.5, 0.6) is 0 Å². The molecule has 0 unspecified atom stereocenters. The molecule has 2 aromatic heterocycles. The van der Waals surface area contributed by atoms with Gasteiger partial charge >= 0.3 is 0 Å². The van der Waals surface area contributed by atoms with Crippen molar-refractivity contribution in [1.82, 2.24) is 0 Å². The molecule has 0 aliphatic heterocycles. The molecule has 0 aliphatic rings. The van der Waals surface area contributed by atoms with Gasteiger partial charge in [-0.3, -0.25) is 0 Å². The minimum Gasteiger partial charge on any atom is -0.455 e. The Labute approximate surface area is 175 Å². The molecule has 0 aliphatic carbocycles. The molecule has 0 fully saturated rings. The van der Waals surface area contributed by atoms with E-state index in [9.17, 15) is 0 Å². The van der Waals surface area contributed by atoms with Gasteiger partial charge in [-0.2, -0.15) is 0 Å². The molecule has 2 heteroatoms. The van der Waals surface area contributed by atoms with Crippen molar-refractivity contribution in [1.29, 1.82) is 0 Å². The summed E-state index contributed by atoms with van der Waals surface area (Å²) in [5.74, 6) is 0. The molecular weight excluding hydrogens is 366 g/mol. The zero-order chi connectivity index (χ0) is 20.8. The predicted octanol–water partition coefficient (Wildman–Crippen LogP) is 5.14. The van der Waals surface area contributed by atoms with Crippen molar-refractivity contribution in [2.75, 3.05) is 0 Å². The van der Waals surface area contributed by atoms with Gasteiger partial charge in [-0.25, -0.2) is 4.57 Å². The second-order valence-corrected chi connectivity index (χ2v) is 7.78. The number of furan rings is 1. The summed E-state index contributed by atoms with van der Waals surface area (Å²) in [5, 5.41) is 6.80. The lowest BCUT2D eigenvalue weighted by atomic mass is 10.00. The predicted molar refractivity (Wildman–Crippen MR) is 126 cm³/mol. The van der Waals surface area contributed by atoms with Crippen molar-refractivity contribution in [3.8, 4) is 0 Å². The van der Waals surface area contributed by atoms with E-state index in [0.717, 1.165) is 43.8 Å². The van der Waals surface area contributed by atoms with Gasteiger partial charge in [-0.05, 0) is 53.8 Å². The van der Waals surface area contributed by atoms with Gasteiger partial charge in [-0.1, -0.05) is 49.1 Å². The van der Waals surface area contributed by atoms with Gasteiger partial charge in [-0.15, -0.1) is 0 Å². The van der Waals surface area contributed by atoms with Crippen LogP contribution < -0.4 is 15.2 Å². The summed E-state index contributed by atoms with van der Waals surface area (Å²) in [5.41, 5.74) is 5.08. The number of benzene rings is 3. The molecule has 0 atom stereocenters. The number of fused-ring (bicyclic) bond motifs is 5. The number of hydrogen-bond acceptors (Lipinski definition) is 1. The van der Waals surface area contributed by atoms with Gasteiger partial charge in [0.2, 0.25) is 5.69 Å². The van der Waals surface area contributed by atoms with E-state index in [1.54, 1.807) is 0 Å². The maximum absolute atomic E-state index is 6.60. The third-order valence-corrected chi connectivity index (χ3v) is 6.05. The van der Waals surface area contributed by atoms with E-state index in [1.165, 1.54) is 16.2 Å². The highest BCUT2D eigenvalue weighted by Crippen LogP contribution is 2.30. The highest BCUT2D eigenvalue weighted by Gasteiger charge is 2.19. The van der Waals surface area contributed by atoms with Gasteiger partial charge in [0.05, 0.1) is 5.57 Å². The molecule has 5 rings (SSSR count). The first-order chi connectivity index (χ1) is 14.6. The molecule has 0 amide bonds. The van der Waals surface area contributed by atoms with Crippen LogP contribution in [0.25, 0.3) is 44.7 Å². The molecule has 0 saturated heterocycles. The zero-order valence-corrected chi connectivity index (χ0v) is 17.6. The summed E-state index contributed by atoms with van der Waals surface area (Å²) in [6, 6.07) is 23.4. The fourth-order valence-electron chi connectivity index (χ4n) is 4.32. The smallest absolute Gasteiger partial charge is 0.216 e. The molecule has 0 spiro atoms. The maximum Gasteiger partial charge on any atom is 0.216 e. The summed E-state index contributed by atoms with van der Waals surface area (Å²) >= 11 is 0. The Bertz CT molecular complexity index is 1580. The van der Waals surface area contributed by atoms with Crippen LogP contribution >= 0.6 is 0 Å². The molecule has 0 bridgehead atoms. The Morgan fingerprint density at radius 2 is 1.60 bits per heavy atom. The minimum atomic E-state index is 0.836. The SMILES string of the molecule is C=c1/c(=C(\C(C)=C/C)c2cccc[n+]2C)oc2c1ccc1c3ccccc3ccc12. The fourth-order valence-corrected chi connectivity index (χ4v) is 4.32. The first-order valence-corrected chi connectivity index (χ1v) is 10.2. The van der Waals surface area contributed by atoms with Crippen molar-refractivity contribution < 1.29 is 8.98 Å². The molecule has 2 heterocycles. The zero-order valence-electron chi connectivity index (χ0n) is 17.6. The Hall–Kier alpha value is -3.65. The summed E-state index contributed by atoms with van der Waals surface area (Å²) in [6.45, 7) is 8.61. The molecule has 0 saturated carbocycles. The highest BCUT2D eigenvalue weighted by atomic mass is 16.3. The number of pyridine rings is 1. The van der Waals surface area contributed by atoms with E-state index in [-0.39, 0.29) is 0 Å². The van der Waals surface area contributed by atoms with Crippen LogP contribution in [-0.2, 0) is 7.05 Å². The summed E-state index contributed by atoms with van der Waals surface area (Å²) in [6.07, 6.45) is 4.19. The molecule has 30 heavy (non-hydrogen) atoms. The van der Waals surface area contributed by atoms with Crippen LogP contribution in [-0.4, -0.2) is 0 Å². The Morgan fingerprint density at radius 1 is 0.867 bits per heavy atom. The lowest BCUT2D eigenvalue weighted by Gasteiger charge is -2.05. The second-order valence-electron chi connectivity index (χ2n) is 7.78. The van der Waals surface area contributed by atoms with Crippen molar-refractivity contribution in [3.05, 3.63) is 101 Å². The molecule has 146 valence electrons. The first kappa shape index (κ1) is 18.4. The molecule has 0 N–H and O–H groups in total. The number of rotatable bonds is 2. The standard InChI is InChI=1S/C28H24NO/c1-5-18(2)26(25-12-8-9-17-29(25)4)27-19(3)21-15-16-23-22-11-7-6-10-20(22)13-14-24(23)28(21)30-27/h5-17H,3H2,1-2,4H3/q+1/b18-5-,27-26-. The second kappa shape index (κ2) is 7.00. The third kappa shape index (κ3) is 2.68. The van der Waals surface area contributed by atoms with Crippen LogP contribution in [0.1, 0.15) is 19.5 Å². The van der Waals surface area contributed by atoms with E-state index in [4.69, 9.17) is 4.42 Å². The van der Waals surface area contributed by atoms with Crippen LogP contribution in [0.3, 0.4) is 0 Å². The van der Waals surface area contributed by atoms with E-state index in [0.29, 0.717) is 0 Å². The molecule has 0 radical (unpaired) electrons. The van der Waals surface area contributed by atoms with E-state index >= 15 is 0 Å². The molecular formula is C28H24NO+. The van der Waals surface area contributed by atoms with E-state index in [1.807, 2.05) is 6.07 Å². The average Bonchev–Trinajstić information content (AvgIpc) is 3.11. The monoisotopic (exact) mass is 390 g/mol. The van der Waals surface area contributed by atoms with Crippen molar-refractivity contribution in [2.24, 2.45) is 7.05 Å². The van der Waals surface area contributed by atoms with Gasteiger partial charge in [0.25, 0.3) is 0 Å². The largest absolute Gasteiger partial charge is 0.455 e. The molecule has 3 aromatic carbocycles. The van der Waals surface area contributed by atoms with Crippen LogP contribution in [0.15, 0.2) is 89.0 Å². The Balaban J connectivity index is 1.97. The number of nitrogens with zero attached hydrogens (tertiary/aromatic N) is 1. The van der Waals surface area contributed by atoms with Crippen LogP contribution in [0.4, 0.5) is 0 Å². The van der Waals surface area contributed by atoms with Crippen molar-refractivity contribution in [2.45, 2.75) is 13.8 Å². The average molecular weight is 391 g/mol. The van der Waals surface area contributed by atoms with Gasteiger partial charge in [0.15, 0.2) is 6.20 Å². The van der Waals surface area contributed by atoms with Crippen LogP contribution in [0, 0.1) is 0 Å². The maximum atomic E-state index is 6.60. The quantitative estimate of drug-likeness (QED) is 0.301. The number of aromatic nitrogens is 1. The van der Waals surface area contributed by atoms with Crippen molar-refractivity contribution in [3.63, 3.8) is 0 Å². The topological polar surface area (TPSA) is 17.0 Å². The molecule has 5 aromatic rings. The van der Waals surface area contributed by atoms with E-state index < -0.39 is 0 Å². The molecule has 2 nitrogen and oxygen atoms in total. The lowest BCUT2D eigenvalue weighted by Crippen LogP contribution is -2.35.